The Balaban J connectivity index is 0.991. The van der Waals surface area contributed by atoms with Crippen molar-refractivity contribution in [3.8, 4) is 46.1 Å². The maximum absolute atomic E-state index is 5.35. The van der Waals surface area contributed by atoms with E-state index in [0.29, 0.717) is 5.84 Å². The predicted molar refractivity (Wildman–Crippen MR) is 332 cm³/mol. The summed E-state index contributed by atoms with van der Waals surface area (Å²) in [6, 6.07) is 57.8. The number of nitrogens with one attached hydrogen (secondary N) is 1. The summed E-state index contributed by atoms with van der Waals surface area (Å²) in [6.07, 6.45) is 22.6. The largest absolute Gasteiger partial charge is 0.372 e. The van der Waals surface area contributed by atoms with Crippen LogP contribution in [-0.2, 0) is 0 Å². The van der Waals surface area contributed by atoms with E-state index in [1.807, 2.05) is 6.07 Å². The molecule has 0 bridgehead atoms. The number of amidine groups is 1. The van der Waals surface area contributed by atoms with E-state index in [2.05, 4.69) is 230 Å². The molecule has 0 unspecified atom stereocenters. The van der Waals surface area contributed by atoms with Crippen molar-refractivity contribution >= 4 is 34.3 Å². The molecule has 0 saturated heterocycles. The fourth-order valence-corrected chi connectivity index (χ4v) is 10.0. The van der Waals surface area contributed by atoms with Crippen LogP contribution in [0.4, 0.5) is 17.2 Å². The van der Waals surface area contributed by atoms with Crippen molar-refractivity contribution in [1.29, 1.82) is 0 Å². The Kier molecular flexibility index (Phi) is 21.8. The van der Waals surface area contributed by atoms with Crippen molar-refractivity contribution in [3.05, 3.63) is 203 Å². The SMILES string of the molecule is CCCCCCN(CCCCCC)c1ccc(C#Cc2ccc(C3=N/C(=N\c4[nH]c(-c5ccc(C#Cc6ccc(N(CCCCCC)CCCCCC)cc6)cc5)cc4-c4ccccc4)C(c4ccccc4)=C3)cc2)cc1. The summed E-state index contributed by atoms with van der Waals surface area (Å²) in [7, 11) is 0. The second-order valence-corrected chi connectivity index (χ2v) is 20.6. The molecule has 5 nitrogen and oxygen atoms in total. The molecule has 0 radical (unpaired) electrons. The van der Waals surface area contributed by atoms with Gasteiger partial charge in [0.1, 0.15) is 5.82 Å². The Morgan fingerprint density at radius 2 is 0.792 bits per heavy atom. The van der Waals surface area contributed by atoms with Crippen LogP contribution in [0.15, 0.2) is 180 Å². The third-order valence-electron chi connectivity index (χ3n) is 14.6. The van der Waals surface area contributed by atoms with Crippen LogP contribution >= 0.6 is 0 Å². The summed E-state index contributed by atoms with van der Waals surface area (Å²) in [6.45, 7) is 13.6. The normalized spacial score (nSPS) is 12.4. The van der Waals surface area contributed by atoms with E-state index in [0.717, 1.165) is 99.0 Å². The molecule has 77 heavy (non-hydrogen) atoms. The van der Waals surface area contributed by atoms with Crippen LogP contribution in [-0.4, -0.2) is 42.7 Å². The van der Waals surface area contributed by atoms with Gasteiger partial charge in [-0.3, -0.25) is 0 Å². The minimum absolute atomic E-state index is 0.662. The van der Waals surface area contributed by atoms with Crippen molar-refractivity contribution in [2.45, 2.75) is 130 Å². The summed E-state index contributed by atoms with van der Waals surface area (Å²) in [5.41, 5.74) is 14.6. The van der Waals surface area contributed by atoms with Crippen LogP contribution in [0, 0.1) is 23.7 Å². The number of benzene rings is 6. The van der Waals surface area contributed by atoms with Gasteiger partial charge in [0, 0.05) is 82.2 Å². The lowest BCUT2D eigenvalue weighted by molar-refractivity contribution is 0.609. The number of nitrogens with zero attached hydrogens (tertiary/aromatic N) is 4. The number of anilines is 2. The molecule has 1 aromatic heterocycles. The number of H-pyrrole nitrogens is 1. The molecule has 0 fully saturated rings. The number of aliphatic imine (C=N–C) groups is 2. The van der Waals surface area contributed by atoms with E-state index in [1.54, 1.807) is 0 Å². The highest BCUT2D eigenvalue weighted by atomic mass is 15.1. The van der Waals surface area contributed by atoms with Gasteiger partial charge in [-0.2, -0.15) is 0 Å². The van der Waals surface area contributed by atoms with Crippen LogP contribution < -0.4 is 9.80 Å². The van der Waals surface area contributed by atoms with Gasteiger partial charge in [0.2, 0.25) is 0 Å². The van der Waals surface area contributed by atoms with E-state index in [1.165, 1.54) is 114 Å². The predicted octanol–water partition coefficient (Wildman–Crippen LogP) is 18.7. The first-order valence-corrected chi connectivity index (χ1v) is 29.2. The topological polar surface area (TPSA) is 47.0 Å². The molecule has 5 heteroatoms. The molecule has 394 valence electrons. The summed E-state index contributed by atoms with van der Waals surface area (Å²) in [5, 5.41) is 0. The zero-order chi connectivity index (χ0) is 53.3. The van der Waals surface area contributed by atoms with Crippen molar-refractivity contribution < 1.29 is 0 Å². The number of allylic oxidation sites excluding steroid dienone is 1. The van der Waals surface area contributed by atoms with Crippen LogP contribution in [0.1, 0.15) is 164 Å². The highest BCUT2D eigenvalue weighted by molar-refractivity contribution is 6.38. The Morgan fingerprint density at radius 3 is 1.21 bits per heavy atom. The van der Waals surface area contributed by atoms with E-state index < -0.39 is 0 Å². The second kappa shape index (κ2) is 30.2. The van der Waals surface area contributed by atoms with Crippen molar-refractivity contribution in [3.63, 3.8) is 0 Å². The molecule has 0 amide bonds. The smallest absolute Gasteiger partial charge is 0.162 e. The Bertz CT molecular complexity index is 3070. The summed E-state index contributed by atoms with van der Waals surface area (Å²) >= 11 is 0. The van der Waals surface area contributed by atoms with Gasteiger partial charge in [0.15, 0.2) is 5.84 Å². The summed E-state index contributed by atoms with van der Waals surface area (Å²) in [4.78, 5) is 19.4. The van der Waals surface area contributed by atoms with Crippen molar-refractivity contribution in [2.75, 3.05) is 36.0 Å². The maximum atomic E-state index is 5.35. The molecular weight excluding hydrogens is 935 g/mol. The standard InChI is InChI=1S/C72H81N5/c1-5-9-13-23-51-76(52-24-14-10-6-2)65-47-39-59(40-48-65)33-31-57-35-43-63(44-36-57)69-55-67(61-27-19-17-20-28-61)71(73-69)75-72-68(62-29-21-18-22-30-62)56-70(74-72)64-45-37-58(38-46-64)32-34-60-41-49-66(50-42-60)77(53-25-15-11-7-3)54-26-16-12-8-4/h17-22,27-30,35-50,55-56,73H,5-16,23-26,51-54H2,1-4H3/b75-72-. The van der Waals surface area contributed by atoms with E-state index in [4.69, 9.17) is 9.98 Å². The molecule has 1 N–H and O–H groups in total. The first-order chi connectivity index (χ1) is 38.0. The van der Waals surface area contributed by atoms with Gasteiger partial charge < -0.3 is 14.8 Å². The zero-order valence-corrected chi connectivity index (χ0v) is 46.6. The van der Waals surface area contributed by atoms with Gasteiger partial charge in [-0.25, -0.2) is 9.98 Å². The third-order valence-corrected chi connectivity index (χ3v) is 14.6. The molecule has 0 saturated carbocycles. The van der Waals surface area contributed by atoms with Gasteiger partial charge in [-0.05, 0) is 127 Å². The molecule has 6 aromatic carbocycles. The minimum Gasteiger partial charge on any atom is -0.372 e. The second-order valence-electron chi connectivity index (χ2n) is 20.6. The van der Waals surface area contributed by atoms with Gasteiger partial charge in [0.05, 0.1) is 5.71 Å². The highest BCUT2D eigenvalue weighted by Gasteiger charge is 2.21. The number of aromatic amines is 1. The van der Waals surface area contributed by atoms with Crippen LogP contribution in [0.5, 0.6) is 0 Å². The molecule has 0 aliphatic carbocycles. The molecule has 7 aromatic rings. The first kappa shape index (κ1) is 55.6. The molecule has 8 rings (SSSR count). The summed E-state index contributed by atoms with van der Waals surface area (Å²) in [5.74, 6) is 15.1. The Morgan fingerprint density at radius 1 is 0.403 bits per heavy atom. The average Bonchev–Trinajstić information content (AvgIpc) is 4.15. The monoisotopic (exact) mass is 1020 g/mol. The number of unbranched alkanes of at least 4 members (excludes halogenated alkanes) is 12. The highest BCUT2D eigenvalue weighted by Crippen LogP contribution is 2.37. The summed E-state index contributed by atoms with van der Waals surface area (Å²) < 4.78 is 0. The minimum atomic E-state index is 0.662. The van der Waals surface area contributed by atoms with E-state index >= 15 is 0 Å². The maximum Gasteiger partial charge on any atom is 0.162 e. The number of hydrogen-bond donors (Lipinski definition) is 1. The molecule has 0 atom stereocenters. The van der Waals surface area contributed by atoms with Gasteiger partial charge >= 0.3 is 0 Å². The van der Waals surface area contributed by atoms with Gasteiger partial charge in [-0.1, -0.05) is 213 Å². The first-order valence-electron chi connectivity index (χ1n) is 29.2. The Labute approximate surface area is 462 Å². The van der Waals surface area contributed by atoms with Crippen LogP contribution in [0.3, 0.4) is 0 Å². The van der Waals surface area contributed by atoms with Crippen LogP contribution in [0.2, 0.25) is 0 Å². The fraction of sp³-hybridized carbons (Fsp3) is 0.333. The third kappa shape index (κ3) is 16.7. The lowest BCUT2D eigenvalue weighted by Crippen LogP contribution is -2.25. The van der Waals surface area contributed by atoms with Crippen LogP contribution in [0.25, 0.3) is 28.0 Å². The van der Waals surface area contributed by atoms with Gasteiger partial charge in [-0.15, -0.1) is 0 Å². The average molecular weight is 1020 g/mol. The molecule has 1 aliphatic rings. The lowest BCUT2D eigenvalue weighted by Gasteiger charge is -2.25. The quantitative estimate of drug-likeness (QED) is 0.0412. The fourth-order valence-electron chi connectivity index (χ4n) is 10.0. The van der Waals surface area contributed by atoms with Crippen molar-refractivity contribution in [2.24, 2.45) is 9.98 Å². The lowest BCUT2D eigenvalue weighted by atomic mass is 10.0. The number of aromatic nitrogens is 1. The molecule has 2 heterocycles. The molecular formula is C72H81N5. The van der Waals surface area contributed by atoms with Crippen molar-refractivity contribution in [1.82, 2.24) is 4.98 Å². The molecule has 1 aliphatic heterocycles. The van der Waals surface area contributed by atoms with E-state index in [9.17, 15) is 0 Å². The number of hydrogen-bond acceptors (Lipinski definition) is 3. The zero-order valence-electron chi connectivity index (χ0n) is 46.6. The Hall–Kier alpha value is -7.60. The molecule has 0 spiro atoms. The number of rotatable bonds is 27. The van der Waals surface area contributed by atoms with E-state index in [-0.39, 0.29) is 0 Å². The van der Waals surface area contributed by atoms with Gasteiger partial charge in [0.25, 0.3) is 0 Å².